The molecule has 3 heterocycles. The number of H-pyrrole nitrogens is 1. The lowest BCUT2D eigenvalue weighted by Crippen LogP contribution is -2.34. The molecule has 4 aromatic rings. The highest BCUT2D eigenvalue weighted by Crippen LogP contribution is 2.28. The van der Waals surface area contributed by atoms with Crippen LogP contribution < -0.4 is 5.69 Å². The van der Waals surface area contributed by atoms with Crippen LogP contribution in [0.5, 0.6) is 0 Å². The number of aromatic nitrogens is 7. The smallest absolute Gasteiger partial charge is 0.294 e. The van der Waals surface area contributed by atoms with Gasteiger partial charge in [-0.2, -0.15) is 5.21 Å². The summed E-state index contributed by atoms with van der Waals surface area (Å²) in [5.41, 5.74) is 4.43. The molecule has 1 N–H and O–H groups in total. The van der Waals surface area contributed by atoms with Gasteiger partial charge >= 0.3 is 5.69 Å². The van der Waals surface area contributed by atoms with Gasteiger partial charge in [0.1, 0.15) is 0 Å². The van der Waals surface area contributed by atoms with Crippen molar-refractivity contribution in [3.05, 3.63) is 70.5 Å². The maximum Gasteiger partial charge on any atom is 0.329 e. The average molecular weight is 432 g/mol. The summed E-state index contributed by atoms with van der Waals surface area (Å²) in [6.45, 7) is 8.83. The SMILES string of the molecule is CCCCc1cn(C(C)(C)C)c(=O)n1Cc1ccc(-c2ccccc2-c2nn[nH]n2)nc1. The van der Waals surface area contributed by atoms with Crippen molar-refractivity contribution in [1.82, 2.24) is 34.7 Å². The minimum absolute atomic E-state index is 0.0233. The highest BCUT2D eigenvalue weighted by Gasteiger charge is 2.20. The molecule has 0 aliphatic rings. The first kappa shape index (κ1) is 21.7. The van der Waals surface area contributed by atoms with Crippen molar-refractivity contribution in [3.8, 4) is 22.6 Å². The molecule has 1 aromatic carbocycles. The van der Waals surface area contributed by atoms with Crippen LogP contribution in [0, 0.1) is 0 Å². The molecule has 32 heavy (non-hydrogen) atoms. The van der Waals surface area contributed by atoms with Gasteiger partial charge in [-0.05, 0) is 50.5 Å². The summed E-state index contributed by atoms with van der Waals surface area (Å²) in [6, 6.07) is 11.8. The van der Waals surface area contributed by atoms with E-state index in [0.717, 1.165) is 47.3 Å². The van der Waals surface area contributed by atoms with Crippen LogP contribution in [0.15, 0.2) is 53.6 Å². The fourth-order valence-corrected chi connectivity index (χ4v) is 3.77. The topological polar surface area (TPSA) is 94.3 Å². The van der Waals surface area contributed by atoms with Crippen molar-refractivity contribution >= 4 is 0 Å². The lowest BCUT2D eigenvalue weighted by atomic mass is 10.0. The Morgan fingerprint density at radius 2 is 1.84 bits per heavy atom. The predicted molar refractivity (Wildman–Crippen MR) is 124 cm³/mol. The van der Waals surface area contributed by atoms with Crippen molar-refractivity contribution in [2.24, 2.45) is 0 Å². The number of aryl methyl sites for hydroxylation is 1. The number of benzene rings is 1. The van der Waals surface area contributed by atoms with Gasteiger partial charge in [-0.25, -0.2) is 4.79 Å². The van der Waals surface area contributed by atoms with Gasteiger partial charge in [0.25, 0.3) is 0 Å². The highest BCUT2D eigenvalue weighted by molar-refractivity contribution is 5.78. The number of imidazole rings is 1. The Morgan fingerprint density at radius 3 is 2.47 bits per heavy atom. The van der Waals surface area contributed by atoms with Gasteiger partial charge in [-0.15, -0.1) is 10.2 Å². The van der Waals surface area contributed by atoms with Crippen LogP contribution in [0.3, 0.4) is 0 Å². The number of hydrogen-bond acceptors (Lipinski definition) is 5. The second-order valence-electron chi connectivity index (χ2n) is 8.97. The molecule has 8 nitrogen and oxygen atoms in total. The van der Waals surface area contributed by atoms with E-state index in [-0.39, 0.29) is 11.2 Å². The molecule has 0 spiro atoms. The number of unbranched alkanes of at least 4 members (excludes halogenated alkanes) is 1. The van der Waals surface area contributed by atoms with Crippen molar-refractivity contribution in [3.63, 3.8) is 0 Å². The standard InChI is InChI=1S/C24H29N7O/c1-5-6-9-18-16-31(24(2,3)4)23(32)30(18)15-17-12-13-21(25-14-17)19-10-7-8-11-20(19)22-26-28-29-27-22/h7-8,10-14,16H,5-6,9,15H2,1-4H3,(H,26,27,28,29). The Bertz CT molecular complexity index is 1230. The second kappa shape index (κ2) is 8.90. The molecule has 8 heteroatoms. The minimum Gasteiger partial charge on any atom is -0.294 e. The van der Waals surface area contributed by atoms with E-state index in [2.05, 4.69) is 53.3 Å². The highest BCUT2D eigenvalue weighted by atomic mass is 16.1. The third-order valence-corrected chi connectivity index (χ3v) is 5.53. The molecule has 0 aliphatic heterocycles. The molecular weight excluding hydrogens is 402 g/mol. The Balaban J connectivity index is 1.65. The molecule has 0 bridgehead atoms. The van der Waals surface area contributed by atoms with Crippen LogP contribution in [0.1, 0.15) is 51.8 Å². The van der Waals surface area contributed by atoms with Crippen LogP contribution in [-0.4, -0.2) is 34.7 Å². The summed E-state index contributed by atoms with van der Waals surface area (Å²) >= 11 is 0. The number of hydrogen-bond donors (Lipinski definition) is 1. The number of nitrogens with one attached hydrogen (secondary N) is 1. The summed E-state index contributed by atoms with van der Waals surface area (Å²) < 4.78 is 3.71. The van der Waals surface area contributed by atoms with E-state index in [1.54, 1.807) is 0 Å². The zero-order valence-electron chi connectivity index (χ0n) is 19.0. The van der Waals surface area contributed by atoms with E-state index in [9.17, 15) is 4.79 Å². The van der Waals surface area contributed by atoms with Gasteiger partial charge in [0.05, 0.1) is 12.2 Å². The summed E-state index contributed by atoms with van der Waals surface area (Å²) in [6.07, 6.45) is 6.88. The van der Waals surface area contributed by atoms with Gasteiger partial charge in [0, 0.05) is 34.8 Å². The van der Waals surface area contributed by atoms with Crippen LogP contribution in [0.4, 0.5) is 0 Å². The van der Waals surface area contributed by atoms with Gasteiger partial charge < -0.3 is 0 Å². The Morgan fingerprint density at radius 1 is 1.06 bits per heavy atom. The minimum atomic E-state index is -0.260. The average Bonchev–Trinajstić information content (AvgIpc) is 3.42. The van der Waals surface area contributed by atoms with E-state index in [1.807, 2.05) is 57.9 Å². The molecule has 0 radical (unpaired) electrons. The molecule has 0 saturated heterocycles. The third kappa shape index (κ3) is 4.39. The van der Waals surface area contributed by atoms with Crippen molar-refractivity contribution in [1.29, 1.82) is 0 Å². The van der Waals surface area contributed by atoms with E-state index < -0.39 is 0 Å². The predicted octanol–water partition coefficient (Wildman–Crippen LogP) is 4.04. The number of tetrazole rings is 1. The fourth-order valence-electron chi connectivity index (χ4n) is 3.77. The Labute approximate surface area is 187 Å². The van der Waals surface area contributed by atoms with E-state index in [4.69, 9.17) is 0 Å². The molecule has 166 valence electrons. The third-order valence-electron chi connectivity index (χ3n) is 5.53. The largest absolute Gasteiger partial charge is 0.329 e. The number of nitrogens with zero attached hydrogens (tertiary/aromatic N) is 6. The van der Waals surface area contributed by atoms with Crippen LogP contribution >= 0.6 is 0 Å². The summed E-state index contributed by atoms with van der Waals surface area (Å²) in [4.78, 5) is 17.8. The summed E-state index contributed by atoms with van der Waals surface area (Å²) in [5.74, 6) is 0.530. The Kier molecular flexibility index (Phi) is 6.03. The van der Waals surface area contributed by atoms with Crippen LogP contribution in [-0.2, 0) is 18.5 Å². The summed E-state index contributed by atoms with van der Waals surface area (Å²) in [5, 5.41) is 14.3. The molecule has 0 unspecified atom stereocenters. The van der Waals surface area contributed by atoms with Gasteiger partial charge in [-0.1, -0.05) is 43.7 Å². The quantitative estimate of drug-likeness (QED) is 0.477. The van der Waals surface area contributed by atoms with Gasteiger partial charge in [0.15, 0.2) is 0 Å². The molecular formula is C24H29N7O. The van der Waals surface area contributed by atoms with Gasteiger partial charge in [-0.3, -0.25) is 14.1 Å². The lowest BCUT2D eigenvalue weighted by molar-refractivity contribution is 0.380. The van der Waals surface area contributed by atoms with Crippen LogP contribution in [0.2, 0.25) is 0 Å². The first-order valence-corrected chi connectivity index (χ1v) is 11.0. The summed E-state index contributed by atoms with van der Waals surface area (Å²) in [7, 11) is 0. The van der Waals surface area contributed by atoms with E-state index in [1.165, 1.54) is 0 Å². The molecule has 0 amide bonds. The Hall–Kier alpha value is -3.55. The normalized spacial score (nSPS) is 11.8. The number of pyridine rings is 1. The second-order valence-corrected chi connectivity index (χ2v) is 8.97. The fraction of sp³-hybridized carbons (Fsp3) is 0.375. The zero-order valence-corrected chi connectivity index (χ0v) is 19.0. The monoisotopic (exact) mass is 431 g/mol. The molecule has 0 aliphatic carbocycles. The maximum atomic E-state index is 13.2. The molecule has 0 atom stereocenters. The zero-order chi connectivity index (χ0) is 22.7. The van der Waals surface area contributed by atoms with Crippen molar-refractivity contribution in [2.45, 2.75) is 59.0 Å². The molecule has 4 rings (SSSR count). The van der Waals surface area contributed by atoms with E-state index >= 15 is 0 Å². The molecule has 0 saturated carbocycles. The first-order valence-electron chi connectivity index (χ1n) is 11.0. The van der Waals surface area contributed by atoms with Crippen LogP contribution in [0.25, 0.3) is 22.6 Å². The molecule has 0 fully saturated rings. The van der Waals surface area contributed by atoms with Gasteiger partial charge in [0.2, 0.25) is 5.82 Å². The van der Waals surface area contributed by atoms with Crippen molar-refractivity contribution < 1.29 is 0 Å². The first-order chi connectivity index (χ1) is 15.4. The molecule has 3 aromatic heterocycles. The maximum absolute atomic E-state index is 13.2. The number of rotatable bonds is 7. The lowest BCUT2D eigenvalue weighted by Gasteiger charge is -2.19. The van der Waals surface area contributed by atoms with E-state index in [0.29, 0.717) is 12.4 Å². The van der Waals surface area contributed by atoms with Crippen molar-refractivity contribution in [2.75, 3.05) is 0 Å². The number of aromatic amines is 1.